The summed E-state index contributed by atoms with van der Waals surface area (Å²) < 4.78 is 6.89. The average molecular weight is 396 g/mol. The lowest BCUT2D eigenvalue weighted by atomic mass is 10.2. The molecule has 0 atom stereocenters. The maximum absolute atomic E-state index is 5.89. The first-order valence-corrected chi connectivity index (χ1v) is 9.50. The second-order valence-electron chi connectivity index (χ2n) is 5.26. The maximum Gasteiger partial charge on any atom is 0.203 e. The molecule has 0 spiro atoms. The number of nitrogens with one attached hydrogen (secondary N) is 1. The van der Waals surface area contributed by atoms with Gasteiger partial charge in [0.25, 0.3) is 0 Å². The number of thiazole rings is 1. The number of hydrogen-bond donors (Lipinski definition) is 1. The molecule has 4 nitrogen and oxygen atoms in total. The molecule has 2 aromatic rings. The van der Waals surface area contributed by atoms with Gasteiger partial charge in [-0.3, -0.25) is 5.43 Å². The van der Waals surface area contributed by atoms with E-state index in [4.69, 9.17) is 4.74 Å². The number of benzene rings is 1. The molecule has 0 saturated heterocycles. The maximum atomic E-state index is 5.89. The molecule has 2 rings (SSSR count). The van der Waals surface area contributed by atoms with E-state index in [0.29, 0.717) is 0 Å². The largest absolute Gasteiger partial charge is 0.493 e. The van der Waals surface area contributed by atoms with Crippen LogP contribution in [0.1, 0.15) is 43.9 Å². The topological polar surface area (TPSA) is 46.5 Å². The Kier molecular flexibility index (Phi) is 7.55. The van der Waals surface area contributed by atoms with Crippen LogP contribution in [0.5, 0.6) is 5.75 Å². The number of nitrogens with zero attached hydrogens (tertiary/aromatic N) is 2. The number of ether oxygens (including phenoxy) is 1. The summed E-state index contributed by atoms with van der Waals surface area (Å²) in [6.45, 7) is 4.91. The Morgan fingerprint density at radius 2 is 2.22 bits per heavy atom. The van der Waals surface area contributed by atoms with Gasteiger partial charge in [-0.05, 0) is 31.5 Å². The van der Waals surface area contributed by atoms with E-state index in [9.17, 15) is 0 Å². The number of aryl methyl sites for hydroxylation is 1. The highest BCUT2D eigenvalue weighted by Crippen LogP contribution is 2.22. The Balaban J connectivity index is 1.94. The van der Waals surface area contributed by atoms with E-state index in [1.807, 2.05) is 30.5 Å². The average Bonchev–Trinajstić information content (AvgIpc) is 2.94. The quantitative estimate of drug-likeness (QED) is 0.340. The molecule has 1 N–H and O–H groups in total. The smallest absolute Gasteiger partial charge is 0.203 e. The first-order chi connectivity index (χ1) is 11.2. The third kappa shape index (κ3) is 6.31. The van der Waals surface area contributed by atoms with Crippen LogP contribution >= 0.6 is 27.3 Å². The number of aromatic nitrogens is 1. The van der Waals surface area contributed by atoms with Crippen LogP contribution in [0.25, 0.3) is 0 Å². The molecule has 0 saturated carbocycles. The summed E-state index contributed by atoms with van der Waals surface area (Å²) in [7, 11) is 0. The van der Waals surface area contributed by atoms with E-state index < -0.39 is 0 Å². The van der Waals surface area contributed by atoms with Gasteiger partial charge in [-0.2, -0.15) is 5.10 Å². The lowest BCUT2D eigenvalue weighted by Crippen LogP contribution is -2.01. The molecule has 1 heterocycles. The van der Waals surface area contributed by atoms with Crippen molar-refractivity contribution in [3.05, 3.63) is 39.3 Å². The number of halogens is 1. The highest BCUT2D eigenvalue weighted by molar-refractivity contribution is 9.10. The van der Waals surface area contributed by atoms with Crippen molar-refractivity contribution in [2.75, 3.05) is 12.0 Å². The molecule has 0 bridgehead atoms. The van der Waals surface area contributed by atoms with Gasteiger partial charge in [0.05, 0.1) is 18.5 Å². The fourth-order valence-electron chi connectivity index (χ4n) is 2.02. The van der Waals surface area contributed by atoms with E-state index in [1.165, 1.54) is 30.6 Å². The van der Waals surface area contributed by atoms with E-state index in [-0.39, 0.29) is 0 Å². The Bertz CT molecular complexity index is 643. The van der Waals surface area contributed by atoms with Crippen molar-refractivity contribution in [3.8, 4) is 5.75 Å². The molecule has 124 valence electrons. The Morgan fingerprint density at radius 3 is 2.96 bits per heavy atom. The van der Waals surface area contributed by atoms with Crippen molar-refractivity contribution >= 4 is 38.6 Å². The van der Waals surface area contributed by atoms with E-state index in [0.717, 1.165) is 39.6 Å². The SMILES string of the molecule is CCCCCCOc1ccc(Br)cc1C=NNc1nc(C)cs1. The second-order valence-corrected chi connectivity index (χ2v) is 7.03. The first kappa shape index (κ1) is 17.9. The Hall–Kier alpha value is -1.40. The minimum Gasteiger partial charge on any atom is -0.493 e. The van der Waals surface area contributed by atoms with Gasteiger partial charge in [0.15, 0.2) is 0 Å². The van der Waals surface area contributed by atoms with Gasteiger partial charge in [-0.1, -0.05) is 42.1 Å². The van der Waals surface area contributed by atoms with Gasteiger partial charge in [0.2, 0.25) is 5.13 Å². The van der Waals surface area contributed by atoms with Gasteiger partial charge in [-0.15, -0.1) is 11.3 Å². The summed E-state index contributed by atoms with van der Waals surface area (Å²) in [5.41, 5.74) is 4.88. The van der Waals surface area contributed by atoms with Gasteiger partial charge in [0.1, 0.15) is 5.75 Å². The molecule has 1 aromatic carbocycles. The van der Waals surface area contributed by atoms with Gasteiger partial charge >= 0.3 is 0 Å². The number of rotatable bonds is 9. The van der Waals surface area contributed by atoms with Gasteiger partial charge in [-0.25, -0.2) is 4.98 Å². The number of unbranched alkanes of at least 4 members (excludes halogenated alkanes) is 3. The Labute approximate surface area is 150 Å². The number of hydrogen-bond acceptors (Lipinski definition) is 5. The molecule has 6 heteroatoms. The molecule has 0 fully saturated rings. The van der Waals surface area contributed by atoms with Crippen LogP contribution < -0.4 is 10.2 Å². The van der Waals surface area contributed by atoms with Crippen molar-refractivity contribution < 1.29 is 4.74 Å². The third-order valence-corrected chi connectivity index (χ3v) is 4.57. The molecule has 1 aromatic heterocycles. The highest BCUT2D eigenvalue weighted by atomic mass is 79.9. The molecular formula is C17H22BrN3OS. The first-order valence-electron chi connectivity index (χ1n) is 7.82. The van der Waals surface area contributed by atoms with Crippen LogP contribution in [0.4, 0.5) is 5.13 Å². The monoisotopic (exact) mass is 395 g/mol. The summed E-state index contributed by atoms with van der Waals surface area (Å²) in [4.78, 5) is 4.31. The van der Waals surface area contributed by atoms with E-state index in [1.54, 1.807) is 6.21 Å². The van der Waals surface area contributed by atoms with Crippen LogP contribution in [0.15, 0.2) is 33.2 Å². The summed E-state index contributed by atoms with van der Waals surface area (Å²) in [5, 5.41) is 7.03. The van der Waals surface area contributed by atoms with Crippen LogP contribution in [0.2, 0.25) is 0 Å². The van der Waals surface area contributed by atoms with Gasteiger partial charge in [0, 0.05) is 15.4 Å². The lowest BCUT2D eigenvalue weighted by molar-refractivity contribution is 0.304. The predicted octanol–water partition coefficient (Wildman–Crippen LogP) is 5.62. The minimum atomic E-state index is 0.738. The van der Waals surface area contributed by atoms with Crippen molar-refractivity contribution in [2.45, 2.75) is 39.5 Å². The molecule has 23 heavy (non-hydrogen) atoms. The van der Waals surface area contributed by atoms with Crippen LogP contribution in [0, 0.1) is 6.92 Å². The van der Waals surface area contributed by atoms with Crippen molar-refractivity contribution in [3.63, 3.8) is 0 Å². The molecule has 0 aliphatic rings. The van der Waals surface area contributed by atoms with E-state index in [2.05, 4.69) is 38.4 Å². The van der Waals surface area contributed by atoms with Crippen molar-refractivity contribution in [2.24, 2.45) is 5.10 Å². The van der Waals surface area contributed by atoms with E-state index >= 15 is 0 Å². The minimum absolute atomic E-state index is 0.738. The lowest BCUT2D eigenvalue weighted by Gasteiger charge is -2.09. The van der Waals surface area contributed by atoms with Crippen molar-refractivity contribution in [1.29, 1.82) is 0 Å². The fourth-order valence-corrected chi connectivity index (χ4v) is 3.04. The zero-order chi connectivity index (χ0) is 16.5. The van der Waals surface area contributed by atoms with Gasteiger partial charge < -0.3 is 4.74 Å². The molecular weight excluding hydrogens is 374 g/mol. The summed E-state index contributed by atoms with van der Waals surface area (Å²) in [6.07, 6.45) is 6.55. The summed E-state index contributed by atoms with van der Waals surface area (Å²) in [6, 6.07) is 5.95. The molecule has 0 aliphatic carbocycles. The number of hydrazone groups is 1. The van der Waals surface area contributed by atoms with Crippen LogP contribution in [-0.2, 0) is 0 Å². The van der Waals surface area contributed by atoms with Crippen LogP contribution in [0.3, 0.4) is 0 Å². The third-order valence-electron chi connectivity index (χ3n) is 3.21. The van der Waals surface area contributed by atoms with Crippen molar-refractivity contribution in [1.82, 2.24) is 4.98 Å². The standard InChI is InChI=1S/C17H22BrN3OS/c1-3-4-5-6-9-22-16-8-7-15(18)10-14(16)11-19-21-17-20-13(2)12-23-17/h7-8,10-12H,3-6,9H2,1-2H3,(H,20,21). The predicted molar refractivity (Wildman–Crippen MR) is 102 cm³/mol. The molecule has 0 unspecified atom stereocenters. The second kappa shape index (κ2) is 9.67. The highest BCUT2D eigenvalue weighted by Gasteiger charge is 2.03. The number of anilines is 1. The zero-order valence-corrected chi connectivity index (χ0v) is 15.9. The molecule has 0 aliphatic heterocycles. The van der Waals surface area contributed by atoms with Crippen LogP contribution in [-0.4, -0.2) is 17.8 Å². The molecule has 0 radical (unpaired) electrons. The molecule has 0 amide bonds. The summed E-state index contributed by atoms with van der Waals surface area (Å²) >= 11 is 5.03. The normalized spacial score (nSPS) is 11.1. The summed E-state index contributed by atoms with van der Waals surface area (Å²) in [5.74, 6) is 0.852. The Morgan fingerprint density at radius 1 is 1.35 bits per heavy atom. The zero-order valence-electron chi connectivity index (χ0n) is 13.5. The fraction of sp³-hybridized carbons (Fsp3) is 0.412.